The Morgan fingerprint density at radius 1 is 1.11 bits per heavy atom. The molecule has 10 nitrogen and oxygen atoms in total. The lowest BCUT2D eigenvalue weighted by Crippen LogP contribution is -2.51. The number of carbonyl (C=O) groups excluding carboxylic acids is 2. The number of imidazole rings is 1. The predicted octanol–water partition coefficient (Wildman–Crippen LogP) is 2.69. The van der Waals surface area contributed by atoms with Crippen molar-refractivity contribution in [2.75, 3.05) is 51.2 Å². The lowest BCUT2D eigenvalue weighted by Gasteiger charge is -2.32. The van der Waals surface area contributed by atoms with Gasteiger partial charge in [-0.1, -0.05) is 18.2 Å². The Kier molecular flexibility index (Phi) is 5.22. The lowest BCUT2D eigenvalue weighted by molar-refractivity contribution is -0.122. The number of fused-ring (bicyclic) bond motifs is 3. The van der Waals surface area contributed by atoms with Crippen molar-refractivity contribution >= 4 is 39.6 Å². The SMILES string of the molecule is CN1CCN(C(=O)NCCN2C(=O)C(C)(C)c3cc4[nH]c(-c5n[nH]c6ccccc56)nc4cc32)CC1. The number of hydrogen-bond donors (Lipinski definition) is 3. The van der Waals surface area contributed by atoms with Crippen molar-refractivity contribution in [1.82, 2.24) is 35.3 Å². The molecule has 0 radical (unpaired) electrons. The first-order valence-electron chi connectivity index (χ1n) is 12.3. The zero-order valence-corrected chi connectivity index (χ0v) is 20.8. The van der Waals surface area contributed by atoms with Crippen molar-refractivity contribution in [3.8, 4) is 11.5 Å². The van der Waals surface area contributed by atoms with Gasteiger partial charge >= 0.3 is 6.03 Å². The van der Waals surface area contributed by atoms with Crippen molar-refractivity contribution in [1.29, 1.82) is 0 Å². The largest absolute Gasteiger partial charge is 0.337 e. The number of hydrogen-bond acceptors (Lipinski definition) is 5. The van der Waals surface area contributed by atoms with E-state index in [4.69, 9.17) is 4.98 Å². The van der Waals surface area contributed by atoms with Crippen LogP contribution in [0.25, 0.3) is 33.5 Å². The van der Waals surface area contributed by atoms with Crippen molar-refractivity contribution in [2.24, 2.45) is 0 Å². The van der Waals surface area contributed by atoms with Crippen LogP contribution in [-0.2, 0) is 10.2 Å². The number of nitrogens with one attached hydrogen (secondary N) is 3. The molecule has 0 aliphatic carbocycles. The van der Waals surface area contributed by atoms with E-state index < -0.39 is 5.41 Å². The predicted molar refractivity (Wildman–Crippen MR) is 139 cm³/mol. The normalized spacial score (nSPS) is 17.8. The van der Waals surface area contributed by atoms with Crippen LogP contribution in [0.15, 0.2) is 36.4 Å². The molecule has 6 rings (SSSR count). The summed E-state index contributed by atoms with van der Waals surface area (Å²) >= 11 is 0. The molecule has 0 bridgehead atoms. The van der Waals surface area contributed by atoms with Crippen LogP contribution in [0.3, 0.4) is 0 Å². The van der Waals surface area contributed by atoms with E-state index in [1.54, 1.807) is 4.90 Å². The minimum atomic E-state index is -0.671. The first-order chi connectivity index (χ1) is 17.3. The number of anilines is 1. The van der Waals surface area contributed by atoms with E-state index in [0.717, 1.165) is 52.0 Å². The number of aromatic amines is 2. The van der Waals surface area contributed by atoms with Crippen molar-refractivity contribution in [3.63, 3.8) is 0 Å². The number of piperazine rings is 1. The first kappa shape index (κ1) is 22.5. The van der Waals surface area contributed by atoms with Crippen molar-refractivity contribution < 1.29 is 9.59 Å². The summed E-state index contributed by atoms with van der Waals surface area (Å²) in [4.78, 5) is 40.0. The third-order valence-corrected chi connectivity index (χ3v) is 7.44. The summed E-state index contributed by atoms with van der Waals surface area (Å²) < 4.78 is 0. The van der Waals surface area contributed by atoms with Gasteiger partial charge in [0.05, 0.1) is 27.7 Å². The molecule has 186 valence electrons. The average Bonchev–Trinajstić information content (AvgIpc) is 3.53. The zero-order chi connectivity index (χ0) is 25.0. The molecule has 3 amide bonds. The number of aromatic nitrogens is 4. The van der Waals surface area contributed by atoms with Crippen LogP contribution >= 0.6 is 0 Å². The van der Waals surface area contributed by atoms with Crippen LogP contribution in [-0.4, -0.2) is 88.2 Å². The molecule has 2 aliphatic rings. The summed E-state index contributed by atoms with van der Waals surface area (Å²) in [5, 5.41) is 11.5. The van der Waals surface area contributed by atoms with Crippen LogP contribution in [0.2, 0.25) is 0 Å². The highest BCUT2D eigenvalue weighted by atomic mass is 16.2. The highest BCUT2D eigenvalue weighted by Gasteiger charge is 2.44. The standard InChI is InChI=1S/C26H30N8O2/c1-26(2)17-14-19-20(29-23(28-19)22-16-6-4-5-7-18(16)30-31-22)15-21(17)34(24(26)35)9-8-27-25(36)33-12-10-32(3)11-13-33/h4-7,14-15H,8-13H2,1-3H3,(H,27,36)(H,28,29)(H,30,31). The molecule has 2 aromatic heterocycles. The fraction of sp³-hybridized carbons (Fsp3) is 0.385. The van der Waals surface area contributed by atoms with Crippen LogP contribution in [0.5, 0.6) is 0 Å². The molecular weight excluding hydrogens is 456 g/mol. The quantitative estimate of drug-likeness (QED) is 0.411. The third-order valence-electron chi connectivity index (χ3n) is 7.44. The number of carbonyl (C=O) groups is 2. The molecule has 36 heavy (non-hydrogen) atoms. The molecule has 2 aliphatic heterocycles. The van der Waals surface area contributed by atoms with Crippen LogP contribution < -0.4 is 10.2 Å². The molecule has 1 saturated heterocycles. The number of rotatable bonds is 4. The number of likely N-dealkylation sites (N-methyl/N-ethyl adjacent to an activating group) is 1. The molecule has 2 aromatic carbocycles. The van der Waals surface area contributed by atoms with E-state index in [-0.39, 0.29) is 11.9 Å². The monoisotopic (exact) mass is 486 g/mol. The molecule has 0 spiro atoms. The molecule has 3 N–H and O–H groups in total. The second kappa shape index (κ2) is 8.34. The maximum absolute atomic E-state index is 13.4. The Balaban J connectivity index is 1.25. The molecule has 10 heteroatoms. The zero-order valence-electron chi connectivity index (χ0n) is 20.8. The highest BCUT2D eigenvalue weighted by Crippen LogP contribution is 2.43. The Hall–Kier alpha value is -3.92. The minimum absolute atomic E-state index is 0.0255. The summed E-state index contributed by atoms with van der Waals surface area (Å²) in [6.45, 7) is 7.85. The van der Waals surface area contributed by atoms with Crippen LogP contribution in [0.1, 0.15) is 19.4 Å². The van der Waals surface area contributed by atoms with E-state index in [0.29, 0.717) is 32.0 Å². The van der Waals surface area contributed by atoms with Gasteiger partial charge in [0.15, 0.2) is 5.82 Å². The number of para-hydroxylation sites is 1. The van der Waals surface area contributed by atoms with E-state index in [1.165, 1.54) is 0 Å². The van der Waals surface area contributed by atoms with Crippen molar-refractivity contribution in [2.45, 2.75) is 19.3 Å². The fourth-order valence-electron chi connectivity index (χ4n) is 5.21. The topological polar surface area (TPSA) is 113 Å². The Labute approximate surface area is 208 Å². The summed E-state index contributed by atoms with van der Waals surface area (Å²) in [5.41, 5.74) is 4.47. The fourth-order valence-corrected chi connectivity index (χ4v) is 5.21. The van der Waals surface area contributed by atoms with Gasteiger partial charge in [-0.3, -0.25) is 9.89 Å². The summed E-state index contributed by atoms with van der Waals surface area (Å²) in [6, 6.07) is 11.9. The van der Waals surface area contributed by atoms with Gasteiger partial charge in [0.25, 0.3) is 0 Å². The number of amides is 3. The maximum atomic E-state index is 13.4. The Bertz CT molecular complexity index is 1480. The maximum Gasteiger partial charge on any atom is 0.317 e. The van der Waals surface area contributed by atoms with Gasteiger partial charge in [-0.05, 0) is 44.7 Å². The van der Waals surface area contributed by atoms with Gasteiger partial charge in [0.2, 0.25) is 5.91 Å². The average molecular weight is 487 g/mol. The van der Waals surface area contributed by atoms with Gasteiger partial charge in [-0.2, -0.15) is 5.10 Å². The van der Waals surface area contributed by atoms with E-state index in [2.05, 4.69) is 32.4 Å². The highest BCUT2D eigenvalue weighted by molar-refractivity contribution is 6.09. The smallest absolute Gasteiger partial charge is 0.317 e. The summed E-state index contributed by atoms with van der Waals surface area (Å²) in [5.74, 6) is 0.707. The first-order valence-corrected chi connectivity index (χ1v) is 12.3. The number of H-pyrrole nitrogens is 2. The number of urea groups is 1. The molecule has 0 saturated carbocycles. The molecule has 4 aromatic rings. The molecule has 4 heterocycles. The Morgan fingerprint density at radius 2 is 1.89 bits per heavy atom. The lowest BCUT2D eigenvalue weighted by atomic mass is 9.86. The van der Waals surface area contributed by atoms with Gasteiger partial charge < -0.3 is 25.0 Å². The van der Waals surface area contributed by atoms with Gasteiger partial charge in [-0.15, -0.1) is 0 Å². The molecule has 0 atom stereocenters. The van der Waals surface area contributed by atoms with Crippen LogP contribution in [0.4, 0.5) is 10.5 Å². The van der Waals surface area contributed by atoms with Gasteiger partial charge in [0.1, 0.15) is 5.69 Å². The Morgan fingerprint density at radius 3 is 2.69 bits per heavy atom. The number of benzene rings is 2. The molecular formula is C26H30N8O2. The number of nitrogens with zero attached hydrogens (tertiary/aromatic N) is 5. The van der Waals surface area contributed by atoms with E-state index >= 15 is 0 Å². The summed E-state index contributed by atoms with van der Waals surface area (Å²) in [6.07, 6.45) is 0. The van der Waals surface area contributed by atoms with E-state index in [9.17, 15) is 9.59 Å². The molecule has 0 unspecified atom stereocenters. The van der Waals surface area contributed by atoms with Gasteiger partial charge in [-0.25, -0.2) is 9.78 Å². The van der Waals surface area contributed by atoms with E-state index in [1.807, 2.05) is 55.1 Å². The second-order valence-electron chi connectivity index (χ2n) is 10.2. The summed E-state index contributed by atoms with van der Waals surface area (Å²) in [7, 11) is 2.06. The minimum Gasteiger partial charge on any atom is -0.337 e. The third kappa shape index (κ3) is 3.60. The second-order valence-corrected chi connectivity index (χ2v) is 10.2. The molecule has 1 fully saturated rings. The van der Waals surface area contributed by atoms with Gasteiger partial charge in [0, 0.05) is 44.7 Å². The van der Waals surface area contributed by atoms with Crippen molar-refractivity contribution in [3.05, 3.63) is 42.0 Å². The van der Waals surface area contributed by atoms with Crippen LogP contribution in [0, 0.1) is 0 Å².